The molecule has 1 amide bonds. The van der Waals surface area contributed by atoms with Crippen molar-refractivity contribution in [2.45, 2.75) is 19.5 Å². The van der Waals surface area contributed by atoms with E-state index in [-0.39, 0.29) is 17.9 Å². The molecule has 0 aliphatic carbocycles. The van der Waals surface area contributed by atoms with E-state index in [1.807, 2.05) is 0 Å². The van der Waals surface area contributed by atoms with Crippen molar-refractivity contribution in [1.29, 1.82) is 0 Å². The van der Waals surface area contributed by atoms with Crippen LogP contribution in [0.15, 0.2) is 64.8 Å². The molecule has 31 heavy (non-hydrogen) atoms. The van der Waals surface area contributed by atoms with Crippen LogP contribution in [-0.2, 0) is 16.1 Å². The first-order valence-corrected chi connectivity index (χ1v) is 9.86. The number of furan rings is 1. The molecular formula is C23H19ClN2O5. The lowest BCUT2D eigenvalue weighted by Gasteiger charge is -2.23. The van der Waals surface area contributed by atoms with Gasteiger partial charge in [-0.2, -0.15) is 0 Å². The molecule has 3 aromatic rings. The summed E-state index contributed by atoms with van der Waals surface area (Å²) in [6.07, 6.45) is 3.22. The summed E-state index contributed by atoms with van der Waals surface area (Å²) in [6.45, 7) is 1.92. The number of carbonyl (C=O) groups excluding carboxylic acids is 2. The molecule has 4 rings (SSSR count). The van der Waals surface area contributed by atoms with Crippen LogP contribution in [0, 0.1) is 6.92 Å². The van der Waals surface area contributed by atoms with Crippen molar-refractivity contribution < 1.29 is 23.8 Å². The number of halogens is 1. The molecule has 3 heterocycles. The number of ketones is 1. The Morgan fingerprint density at radius 3 is 2.58 bits per heavy atom. The Hall–Kier alpha value is -3.58. The lowest BCUT2D eigenvalue weighted by atomic mass is 9.99. The predicted molar refractivity (Wildman–Crippen MR) is 114 cm³/mol. The molecule has 8 heteroatoms. The lowest BCUT2D eigenvalue weighted by Crippen LogP contribution is -2.29. The maximum atomic E-state index is 13.0. The van der Waals surface area contributed by atoms with E-state index in [1.54, 1.807) is 55.7 Å². The van der Waals surface area contributed by atoms with Crippen LogP contribution in [0.5, 0.6) is 5.75 Å². The summed E-state index contributed by atoms with van der Waals surface area (Å²) in [5, 5.41) is 11.4. The molecular weight excluding hydrogens is 420 g/mol. The fourth-order valence-corrected chi connectivity index (χ4v) is 3.78. The van der Waals surface area contributed by atoms with Crippen LogP contribution >= 0.6 is 11.6 Å². The zero-order chi connectivity index (χ0) is 22.1. The Morgan fingerprint density at radius 2 is 1.94 bits per heavy atom. The quantitative estimate of drug-likeness (QED) is 0.363. The highest BCUT2D eigenvalue weighted by atomic mass is 35.5. The number of rotatable bonds is 5. The molecule has 1 atom stereocenters. The minimum absolute atomic E-state index is 0.0576. The van der Waals surface area contributed by atoms with Gasteiger partial charge in [0.1, 0.15) is 29.1 Å². The average Bonchev–Trinajstić information content (AvgIpc) is 3.30. The van der Waals surface area contributed by atoms with Gasteiger partial charge < -0.3 is 19.2 Å². The highest BCUT2D eigenvalue weighted by Gasteiger charge is 2.47. The topological polar surface area (TPSA) is 92.9 Å². The lowest BCUT2D eigenvalue weighted by molar-refractivity contribution is -0.140. The van der Waals surface area contributed by atoms with E-state index >= 15 is 0 Å². The zero-order valence-electron chi connectivity index (χ0n) is 16.8. The number of pyridine rings is 1. The minimum Gasteiger partial charge on any atom is -0.507 e. The molecule has 1 aliphatic rings. The summed E-state index contributed by atoms with van der Waals surface area (Å²) in [5.74, 6) is -0.504. The molecule has 2 aromatic heterocycles. The Bertz CT molecular complexity index is 1190. The maximum Gasteiger partial charge on any atom is 0.296 e. The number of amides is 1. The molecule has 1 saturated heterocycles. The highest BCUT2D eigenvalue weighted by molar-refractivity contribution is 6.46. The monoisotopic (exact) mass is 438 g/mol. The summed E-state index contributed by atoms with van der Waals surface area (Å²) < 4.78 is 11.0. The maximum absolute atomic E-state index is 13.0. The number of likely N-dealkylation sites (tertiary alicyclic amines) is 1. The third-order valence-corrected chi connectivity index (χ3v) is 5.41. The third kappa shape index (κ3) is 3.80. The van der Waals surface area contributed by atoms with Crippen LogP contribution in [0.2, 0.25) is 5.02 Å². The van der Waals surface area contributed by atoms with Crippen molar-refractivity contribution in [2.75, 3.05) is 7.11 Å². The van der Waals surface area contributed by atoms with Gasteiger partial charge in [0, 0.05) is 24.5 Å². The first kappa shape index (κ1) is 20.7. The van der Waals surface area contributed by atoms with Crippen molar-refractivity contribution >= 4 is 29.1 Å². The molecule has 0 saturated carbocycles. The first-order chi connectivity index (χ1) is 14.9. The zero-order valence-corrected chi connectivity index (χ0v) is 17.6. The molecule has 1 N–H and O–H groups in total. The van der Waals surface area contributed by atoms with Gasteiger partial charge in [0.05, 0.1) is 17.7 Å². The Kier molecular flexibility index (Phi) is 5.52. The fourth-order valence-electron chi connectivity index (χ4n) is 3.59. The second-order valence-corrected chi connectivity index (χ2v) is 7.49. The molecule has 7 nitrogen and oxygen atoms in total. The summed E-state index contributed by atoms with van der Waals surface area (Å²) >= 11 is 6.08. The number of hydrogen-bond acceptors (Lipinski definition) is 6. The number of aromatic nitrogens is 1. The molecule has 1 fully saturated rings. The predicted octanol–water partition coefficient (Wildman–Crippen LogP) is 4.27. The summed E-state index contributed by atoms with van der Waals surface area (Å²) in [5.41, 5.74) is 1.03. The standard InChI is InChI=1S/C23H19ClN2O5/c1-13-3-6-17(31-13)20-19(21(27)15-4-5-16(24)18(11-15)30-2)22(28)23(29)26(20)12-14-7-9-25-10-8-14/h3-11,20,27H,12H2,1-2H3/b21-19-. The molecule has 1 aliphatic heterocycles. The number of carbonyl (C=O) groups is 2. The van der Waals surface area contributed by atoms with Gasteiger partial charge in [-0.05, 0) is 55.0 Å². The number of aryl methyl sites for hydroxylation is 1. The Morgan fingerprint density at radius 1 is 1.19 bits per heavy atom. The van der Waals surface area contributed by atoms with Crippen molar-refractivity contribution in [2.24, 2.45) is 0 Å². The van der Waals surface area contributed by atoms with Gasteiger partial charge in [0.25, 0.3) is 11.7 Å². The van der Waals surface area contributed by atoms with Crippen LogP contribution < -0.4 is 4.74 Å². The Labute approximate surface area is 183 Å². The number of aliphatic hydroxyl groups excluding tert-OH is 1. The SMILES string of the molecule is COc1cc(/C(O)=C2/C(=O)C(=O)N(Cc3ccncc3)C2c2ccc(C)o2)ccc1Cl. The summed E-state index contributed by atoms with van der Waals surface area (Å²) in [6, 6.07) is 10.7. The second-order valence-electron chi connectivity index (χ2n) is 7.08. The number of aliphatic hydroxyl groups is 1. The van der Waals surface area contributed by atoms with Gasteiger partial charge in [0.2, 0.25) is 0 Å². The van der Waals surface area contributed by atoms with Crippen molar-refractivity contribution in [3.05, 3.63) is 88.1 Å². The van der Waals surface area contributed by atoms with Crippen LogP contribution in [0.3, 0.4) is 0 Å². The van der Waals surface area contributed by atoms with Gasteiger partial charge in [-0.15, -0.1) is 0 Å². The number of hydrogen-bond donors (Lipinski definition) is 1. The van der Waals surface area contributed by atoms with E-state index in [4.69, 9.17) is 20.8 Å². The molecule has 158 valence electrons. The van der Waals surface area contributed by atoms with E-state index < -0.39 is 17.7 Å². The van der Waals surface area contributed by atoms with E-state index in [2.05, 4.69) is 4.98 Å². The minimum atomic E-state index is -0.886. The second kappa shape index (κ2) is 8.28. The van der Waals surface area contributed by atoms with Crippen LogP contribution in [-0.4, -0.2) is 33.8 Å². The van der Waals surface area contributed by atoms with Crippen LogP contribution in [0.4, 0.5) is 0 Å². The van der Waals surface area contributed by atoms with Crippen LogP contribution in [0.1, 0.15) is 28.7 Å². The molecule has 0 spiro atoms. The third-order valence-electron chi connectivity index (χ3n) is 5.10. The fraction of sp³-hybridized carbons (Fsp3) is 0.174. The summed E-state index contributed by atoms with van der Waals surface area (Å²) in [7, 11) is 1.45. The molecule has 1 aromatic carbocycles. The number of Topliss-reactive ketones (excluding diaryl/α,β-unsaturated/α-hetero) is 1. The molecule has 0 radical (unpaired) electrons. The number of nitrogens with zero attached hydrogens (tertiary/aromatic N) is 2. The van der Waals surface area contributed by atoms with Gasteiger partial charge in [0.15, 0.2) is 0 Å². The largest absolute Gasteiger partial charge is 0.507 e. The van der Waals surface area contributed by atoms with Crippen molar-refractivity contribution in [3.63, 3.8) is 0 Å². The van der Waals surface area contributed by atoms with E-state index in [0.29, 0.717) is 27.9 Å². The number of methoxy groups -OCH3 is 1. The smallest absolute Gasteiger partial charge is 0.296 e. The molecule has 0 bridgehead atoms. The summed E-state index contributed by atoms with van der Waals surface area (Å²) in [4.78, 5) is 31.3. The Balaban J connectivity index is 1.86. The van der Waals surface area contributed by atoms with Crippen molar-refractivity contribution in [1.82, 2.24) is 9.88 Å². The molecule has 1 unspecified atom stereocenters. The number of benzene rings is 1. The normalized spacial score (nSPS) is 17.9. The van der Waals surface area contributed by atoms with E-state index in [0.717, 1.165) is 5.56 Å². The van der Waals surface area contributed by atoms with Gasteiger partial charge in [-0.25, -0.2) is 0 Å². The first-order valence-electron chi connectivity index (χ1n) is 9.48. The average molecular weight is 439 g/mol. The number of ether oxygens (including phenoxy) is 1. The van der Waals surface area contributed by atoms with Gasteiger partial charge in [-0.3, -0.25) is 14.6 Å². The highest BCUT2D eigenvalue weighted by Crippen LogP contribution is 2.41. The van der Waals surface area contributed by atoms with Crippen LogP contribution in [0.25, 0.3) is 5.76 Å². The van der Waals surface area contributed by atoms with Gasteiger partial charge in [-0.1, -0.05) is 11.6 Å². The van der Waals surface area contributed by atoms with Gasteiger partial charge >= 0.3 is 0 Å². The van der Waals surface area contributed by atoms with E-state index in [9.17, 15) is 14.7 Å². The van der Waals surface area contributed by atoms with Crippen molar-refractivity contribution in [3.8, 4) is 5.75 Å². The van der Waals surface area contributed by atoms with E-state index in [1.165, 1.54) is 18.1 Å².